The summed E-state index contributed by atoms with van der Waals surface area (Å²) in [4.78, 5) is 0. The maximum absolute atomic E-state index is 13.4. The maximum atomic E-state index is 13.4. The Hall–Kier alpha value is -1.72. The molecule has 0 aliphatic rings. The van der Waals surface area contributed by atoms with Crippen LogP contribution in [0.3, 0.4) is 0 Å². The van der Waals surface area contributed by atoms with Crippen molar-refractivity contribution in [3.63, 3.8) is 0 Å². The Labute approximate surface area is 126 Å². The summed E-state index contributed by atoms with van der Waals surface area (Å²) < 4.78 is 50.0. The van der Waals surface area contributed by atoms with Crippen molar-refractivity contribution in [1.29, 1.82) is 0 Å². The van der Waals surface area contributed by atoms with E-state index >= 15 is 0 Å². The Bertz CT molecular complexity index is 769. The van der Waals surface area contributed by atoms with Gasteiger partial charge in [-0.05, 0) is 35.9 Å². The number of benzene rings is 2. The Balaban J connectivity index is 2.16. The Morgan fingerprint density at radius 2 is 1.71 bits per heavy atom. The quantitative estimate of drug-likeness (QED) is 0.842. The van der Waals surface area contributed by atoms with E-state index in [1.54, 1.807) is 24.3 Å². The van der Waals surface area contributed by atoms with E-state index in [4.69, 9.17) is 11.6 Å². The van der Waals surface area contributed by atoms with Crippen molar-refractivity contribution in [3.8, 4) is 0 Å². The summed E-state index contributed by atoms with van der Waals surface area (Å²) in [7, 11) is -3.56. The zero-order chi connectivity index (χ0) is 15.5. The van der Waals surface area contributed by atoms with Crippen LogP contribution in [0.25, 0.3) is 6.08 Å². The second-order valence-electron chi connectivity index (χ2n) is 4.40. The van der Waals surface area contributed by atoms with Crippen LogP contribution in [0.2, 0.25) is 5.02 Å². The number of sulfone groups is 1. The van der Waals surface area contributed by atoms with E-state index < -0.39 is 21.5 Å². The lowest BCUT2D eigenvalue weighted by atomic mass is 10.2. The molecule has 0 heterocycles. The van der Waals surface area contributed by atoms with Crippen molar-refractivity contribution in [2.45, 2.75) is 5.75 Å². The summed E-state index contributed by atoms with van der Waals surface area (Å²) >= 11 is 5.72. The zero-order valence-electron chi connectivity index (χ0n) is 10.8. The molecule has 0 amide bonds. The van der Waals surface area contributed by atoms with Gasteiger partial charge in [-0.15, -0.1) is 0 Å². The van der Waals surface area contributed by atoms with Gasteiger partial charge in [-0.25, -0.2) is 17.2 Å². The molecule has 6 heteroatoms. The van der Waals surface area contributed by atoms with Crippen molar-refractivity contribution >= 4 is 27.5 Å². The highest BCUT2D eigenvalue weighted by molar-refractivity contribution is 7.93. The van der Waals surface area contributed by atoms with E-state index in [9.17, 15) is 17.2 Å². The van der Waals surface area contributed by atoms with Gasteiger partial charge in [0.15, 0.2) is 9.84 Å². The molecule has 2 rings (SSSR count). The van der Waals surface area contributed by atoms with Gasteiger partial charge >= 0.3 is 0 Å². The Morgan fingerprint density at radius 3 is 2.33 bits per heavy atom. The molecule has 0 atom stereocenters. The van der Waals surface area contributed by atoms with Crippen LogP contribution in [-0.4, -0.2) is 8.42 Å². The molecule has 2 aromatic carbocycles. The van der Waals surface area contributed by atoms with Gasteiger partial charge in [-0.3, -0.25) is 0 Å². The third kappa shape index (κ3) is 4.65. The molecule has 2 aromatic rings. The predicted molar refractivity (Wildman–Crippen MR) is 79.5 cm³/mol. The van der Waals surface area contributed by atoms with E-state index in [0.717, 1.165) is 17.6 Å². The normalized spacial score (nSPS) is 12.0. The molecular weight excluding hydrogens is 318 g/mol. The lowest BCUT2D eigenvalue weighted by molar-refractivity contribution is 0.581. The molecule has 0 fully saturated rings. The molecule has 0 aliphatic heterocycles. The van der Waals surface area contributed by atoms with Crippen LogP contribution in [0, 0.1) is 11.6 Å². The summed E-state index contributed by atoms with van der Waals surface area (Å²) in [5, 5.41) is 1.43. The molecule has 0 unspecified atom stereocenters. The first-order valence-electron chi connectivity index (χ1n) is 5.96. The minimum Gasteiger partial charge on any atom is -0.224 e. The highest BCUT2D eigenvalue weighted by Crippen LogP contribution is 2.15. The summed E-state index contributed by atoms with van der Waals surface area (Å²) in [5.41, 5.74) is 0.583. The van der Waals surface area contributed by atoms with Crippen LogP contribution in [0.5, 0.6) is 0 Å². The molecule has 0 N–H and O–H groups in total. The molecular formula is C15H11ClF2O2S. The first kappa shape index (κ1) is 15.7. The van der Waals surface area contributed by atoms with Crippen molar-refractivity contribution in [3.05, 3.63) is 75.7 Å². The lowest BCUT2D eigenvalue weighted by Gasteiger charge is -2.01. The van der Waals surface area contributed by atoms with Gasteiger partial charge in [-0.2, -0.15) is 0 Å². The molecule has 2 nitrogen and oxygen atoms in total. The van der Waals surface area contributed by atoms with E-state index in [1.165, 1.54) is 6.07 Å². The van der Waals surface area contributed by atoms with Crippen molar-refractivity contribution < 1.29 is 17.2 Å². The molecule has 0 saturated carbocycles. The molecule has 0 saturated heterocycles. The zero-order valence-corrected chi connectivity index (χ0v) is 12.3. The summed E-state index contributed by atoms with van der Waals surface area (Å²) in [6.07, 6.45) is 1.11. The molecule has 0 aromatic heterocycles. The molecule has 21 heavy (non-hydrogen) atoms. The van der Waals surface area contributed by atoms with Crippen molar-refractivity contribution in [1.82, 2.24) is 0 Å². The molecule has 0 spiro atoms. The topological polar surface area (TPSA) is 34.1 Å². The molecule has 0 radical (unpaired) electrons. The average molecular weight is 329 g/mol. The summed E-state index contributed by atoms with van der Waals surface area (Å²) in [6.45, 7) is 0. The van der Waals surface area contributed by atoms with Crippen molar-refractivity contribution in [2.24, 2.45) is 0 Å². The van der Waals surface area contributed by atoms with Crippen LogP contribution >= 0.6 is 11.6 Å². The van der Waals surface area contributed by atoms with E-state index in [2.05, 4.69) is 0 Å². The third-order valence-electron chi connectivity index (χ3n) is 2.70. The largest absolute Gasteiger partial charge is 0.224 e. The van der Waals surface area contributed by atoms with Gasteiger partial charge < -0.3 is 0 Å². The molecule has 0 aliphatic carbocycles. The fourth-order valence-corrected chi connectivity index (χ4v) is 2.91. The van der Waals surface area contributed by atoms with Crippen molar-refractivity contribution in [2.75, 3.05) is 0 Å². The number of hydrogen-bond acceptors (Lipinski definition) is 2. The highest BCUT2D eigenvalue weighted by Gasteiger charge is 2.09. The van der Waals surface area contributed by atoms with Crippen LogP contribution in [-0.2, 0) is 15.6 Å². The Kier molecular flexibility index (Phi) is 4.75. The van der Waals surface area contributed by atoms with Gasteiger partial charge in [0.2, 0.25) is 0 Å². The number of hydrogen-bond donors (Lipinski definition) is 0. The third-order valence-corrected chi connectivity index (χ3v) is 4.24. The maximum Gasteiger partial charge on any atom is 0.175 e. The molecule has 0 bridgehead atoms. The standard InChI is InChI=1S/C15H11ClF2O2S/c16-13-4-1-11(2-5-13)10-21(19,20)8-7-12-3-6-14(17)9-15(12)18/h1-9H,10H2/b8-7+. The fraction of sp³-hybridized carbons (Fsp3) is 0.0667. The van der Waals surface area contributed by atoms with Crippen LogP contribution in [0.4, 0.5) is 8.78 Å². The Morgan fingerprint density at radius 1 is 1.05 bits per heavy atom. The van der Waals surface area contributed by atoms with Crippen LogP contribution in [0.1, 0.15) is 11.1 Å². The highest BCUT2D eigenvalue weighted by atomic mass is 35.5. The van der Waals surface area contributed by atoms with Crippen LogP contribution < -0.4 is 0 Å². The van der Waals surface area contributed by atoms with Gasteiger partial charge in [0.1, 0.15) is 11.6 Å². The second kappa shape index (κ2) is 6.37. The van der Waals surface area contributed by atoms with E-state index in [0.29, 0.717) is 16.7 Å². The minimum atomic E-state index is -3.56. The predicted octanol–water partition coefficient (Wildman–Crippen LogP) is 4.20. The van der Waals surface area contributed by atoms with E-state index in [1.807, 2.05) is 0 Å². The fourth-order valence-electron chi connectivity index (χ4n) is 1.67. The van der Waals surface area contributed by atoms with Gasteiger partial charge in [0, 0.05) is 22.1 Å². The minimum absolute atomic E-state index is 0.0103. The number of rotatable bonds is 4. The summed E-state index contributed by atoms with van der Waals surface area (Å²) in [5.74, 6) is -1.75. The smallest absolute Gasteiger partial charge is 0.175 e. The molecule has 110 valence electrons. The number of halogens is 3. The van der Waals surface area contributed by atoms with E-state index in [-0.39, 0.29) is 11.3 Å². The SMILES string of the molecule is O=S(=O)(/C=C/c1ccc(F)cc1F)Cc1ccc(Cl)cc1. The average Bonchev–Trinajstić information content (AvgIpc) is 2.40. The lowest BCUT2D eigenvalue weighted by Crippen LogP contribution is -2.00. The van der Waals surface area contributed by atoms with Gasteiger partial charge in [0.05, 0.1) is 5.75 Å². The monoisotopic (exact) mass is 328 g/mol. The first-order chi connectivity index (χ1) is 9.85. The summed E-state index contributed by atoms with van der Waals surface area (Å²) in [6, 6.07) is 9.34. The second-order valence-corrected chi connectivity index (χ2v) is 6.73. The first-order valence-corrected chi connectivity index (χ1v) is 8.05. The van der Waals surface area contributed by atoms with Gasteiger partial charge in [-0.1, -0.05) is 23.7 Å². The van der Waals surface area contributed by atoms with Gasteiger partial charge in [0.25, 0.3) is 0 Å². The van der Waals surface area contributed by atoms with Crippen LogP contribution in [0.15, 0.2) is 47.9 Å².